The van der Waals surface area contributed by atoms with Gasteiger partial charge in [0.15, 0.2) is 0 Å². The van der Waals surface area contributed by atoms with Gasteiger partial charge >= 0.3 is 15.6 Å². The van der Waals surface area contributed by atoms with Crippen LogP contribution in [0.15, 0.2) is 66.4 Å². The number of carbonyl (C=O) groups excluding carboxylic acids is 1. The van der Waals surface area contributed by atoms with E-state index in [2.05, 4.69) is 37.3 Å². The van der Waals surface area contributed by atoms with E-state index in [-0.39, 0.29) is 52.4 Å². The molecule has 0 unspecified atom stereocenters. The van der Waals surface area contributed by atoms with Crippen molar-refractivity contribution in [2.24, 2.45) is 5.18 Å². The van der Waals surface area contributed by atoms with E-state index in [0.717, 1.165) is 17.4 Å². The van der Waals surface area contributed by atoms with Crippen molar-refractivity contribution in [2.45, 2.75) is 18.5 Å². The third-order valence-electron chi connectivity index (χ3n) is 5.82. The summed E-state index contributed by atoms with van der Waals surface area (Å²) in [6, 6.07) is 2.82. The summed E-state index contributed by atoms with van der Waals surface area (Å²) in [5, 5.41) is 8.27. The Hall–Kier alpha value is -4.45. The highest BCUT2D eigenvalue weighted by molar-refractivity contribution is 7.88. The molecule has 0 saturated carbocycles. The van der Waals surface area contributed by atoms with Gasteiger partial charge in [-0.25, -0.2) is 13.8 Å². The van der Waals surface area contributed by atoms with Crippen LogP contribution >= 0.6 is 11.3 Å². The maximum atomic E-state index is 14.3. The van der Waals surface area contributed by atoms with Crippen molar-refractivity contribution in [1.29, 1.82) is 0 Å². The number of ether oxygens (including phenoxy) is 1. The van der Waals surface area contributed by atoms with Gasteiger partial charge in [-0.15, -0.1) is 11.3 Å². The standard InChI is InChI=1S/C22H17F5N4O4S2.C4H7NO2/c1-2-18(32)30-7-4-14-12-17(29-31(14)9-8-30)19-16(11-13(24)3-6-23)20-15(5-10-36-20)21(28-19)35-37(33,34)22(25,26)27;1-2-7-4-3-5-6/h2-3,5-6,10-12H,1,4,7-9H2;2H,1,3-4H2/b6-3+,13-11?;. The first-order valence-corrected chi connectivity index (χ1v) is 14.7. The van der Waals surface area contributed by atoms with E-state index < -0.39 is 27.3 Å². The van der Waals surface area contributed by atoms with Crippen LogP contribution < -0.4 is 4.18 Å². The molecule has 3 aromatic rings. The number of hydrogen-bond donors (Lipinski definition) is 0. The van der Waals surface area contributed by atoms with Crippen molar-refractivity contribution in [3.05, 3.63) is 77.4 Å². The fourth-order valence-corrected chi connectivity index (χ4v) is 5.21. The number of aromatic nitrogens is 3. The Kier molecular flexibility index (Phi) is 11.5. The summed E-state index contributed by atoms with van der Waals surface area (Å²) in [6.07, 6.45) is 4.24. The zero-order valence-electron chi connectivity index (χ0n) is 22.7. The summed E-state index contributed by atoms with van der Waals surface area (Å²) in [5.74, 6) is -2.16. The van der Waals surface area contributed by atoms with Crippen LogP contribution in [0.5, 0.6) is 5.88 Å². The van der Waals surface area contributed by atoms with Crippen LogP contribution in [0.1, 0.15) is 11.3 Å². The van der Waals surface area contributed by atoms with E-state index in [1.54, 1.807) is 15.6 Å². The molecule has 1 amide bonds. The highest BCUT2D eigenvalue weighted by Gasteiger charge is 2.49. The Balaban J connectivity index is 0.000000676. The van der Waals surface area contributed by atoms with Crippen molar-refractivity contribution in [3.8, 4) is 17.3 Å². The van der Waals surface area contributed by atoms with Gasteiger partial charge in [0.2, 0.25) is 11.8 Å². The molecule has 18 heteroatoms. The molecular weight excluding hydrogens is 637 g/mol. The average Bonchev–Trinajstić information content (AvgIpc) is 3.57. The van der Waals surface area contributed by atoms with Gasteiger partial charge in [0, 0.05) is 41.5 Å². The lowest BCUT2D eigenvalue weighted by atomic mass is 10.1. The van der Waals surface area contributed by atoms with Gasteiger partial charge in [-0.2, -0.15) is 31.6 Å². The van der Waals surface area contributed by atoms with Crippen LogP contribution in [-0.4, -0.2) is 65.7 Å². The van der Waals surface area contributed by atoms with E-state index in [4.69, 9.17) is 0 Å². The fourth-order valence-electron chi connectivity index (χ4n) is 3.87. The molecule has 0 fully saturated rings. The molecule has 236 valence electrons. The summed E-state index contributed by atoms with van der Waals surface area (Å²) in [5.41, 5.74) is -5.12. The summed E-state index contributed by atoms with van der Waals surface area (Å²) in [4.78, 5) is 26.8. The number of halogens is 5. The van der Waals surface area contributed by atoms with E-state index in [9.17, 15) is 40.1 Å². The number of alkyl halides is 3. The summed E-state index contributed by atoms with van der Waals surface area (Å²) in [6.45, 7) is 8.18. The quantitative estimate of drug-likeness (QED) is 0.0397. The number of amides is 1. The van der Waals surface area contributed by atoms with Crippen LogP contribution in [0.4, 0.5) is 22.0 Å². The number of thiophene rings is 1. The maximum absolute atomic E-state index is 14.3. The van der Waals surface area contributed by atoms with Gasteiger partial charge in [-0.05, 0) is 29.7 Å². The van der Waals surface area contributed by atoms with Crippen LogP contribution in [-0.2, 0) is 32.6 Å². The number of nitroso groups, excluding NO2 is 1. The lowest BCUT2D eigenvalue weighted by Crippen LogP contribution is -2.32. The fraction of sp³-hybridized carbons (Fsp3) is 0.269. The number of allylic oxidation sites excluding steroid dienone is 2. The number of fused-ring (bicyclic) bond motifs is 2. The number of nitrogens with zero attached hydrogens (tertiary/aromatic N) is 5. The molecule has 3 aromatic heterocycles. The minimum absolute atomic E-state index is 0.0347. The van der Waals surface area contributed by atoms with Crippen molar-refractivity contribution < 1.29 is 44.1 Å². The predicted molar refractivity (Wildman–Crippen MR) is 153 cm³/mol. The second-order valence-corrected chi connectivity index (χ2v) is 11.0. The molecule has 1 aliphatic heterocycles. The third-order valence-corrected chi connectivity index (χ3v) is 7.71. The van der Waals surface area contributed by atoms with E-state index >= 15 is 0 Å². The van der Waals surface area contributed by atoms with Crippen molar-refractivity contribution >= 4 is 43.5 Å². The van der Waals surface area contributed by atoms with Gasteiger partial charge in [0.25, 0.3) is 0 Å². The Morgan fingerprint density at radius 2 is 1.98 bits per heavy atom. The lowest BCUT2D eigenvalue weighted by molar-refractivity contribution is -0.126. The predicted octanol–water partition coefficient (Wildman–Crippen LogP) is 5.67. The largest absolute Gasteiger partial charge is 0.534 e. The second-order valence-electron chi connectivity index (χ2n) is 8.56. The Bertz CT molecular complexity index is 1670. The van der Waals surface area contributed by atoms with E-state index in [1.807, 2.05) is 0 Å². The zero-order valence-corrected chi connectivity index (χ0v) is 24.3. The molecule has 0 radical (unpaired) electrons. The second kappa shape index (κ2) is 14.8. The monoisotopic (exact) mass is 661 g/mol. The first-order chi connectivity index (χ1) is 20.9. The molecule has 1 aliphatic rings. The minimum Gasteiger partial charge on any atom is -0.500 e. The number of rotatable bonds is 10. The number of hydrogen-bond acceptors (Lipinski definition) is 10. The molecule has 0 atom stereocenters. The normalized spacial score (nSPS) is 13.9. The molecule has 11 nitrogen and oxygen atoms in total. The molecule has 0 aliphatic carbocycles. The topological polar surface area (TPSA) is 133 Å². The molecule has 0 aromatic carbocycles. The SMILES string of the molecule is C=CC(=O)N1CCc2cc(-c3nc(OS(=O)(=O)C(F)(F)F)c4ccsc4c3C=C(F)/C=C/F)nn2CC1.C=COCCN=O. The molecule has 0 bridgehead atoms. The molecule has 44 heavy (non-hydrogen) atoms. The Morgan fingerprint density at radius 3 is 2.61 bits per heavy atom. The van der Waals surface area contributed by atoms with Crippen molar-refractivity contribution in [3.63, 3.8) is 0 Å². The Morgan fingerprint density at radius 1 is 1.23 bits per heavy atom. The molecule has 0 spiro atoms. The van der Waals surface area contributed by atoms with Crippen LogP contribution in [0.2, 0.25) is 0 Å². The average molecular weight is 662 g/mol. The van der Waals surface area contributed by atoms with Gasteiger partial charge < -0.3 is 13.8 Å². The molecule has 0 N–H and O–H groups in total. The summed E-state index contributed by atoms with van der Waals surface area (Å²) >= 11 is 0.961. The first-order valence-electron chi connectivity index (χ1n) is 12.4. The summed E-state index contributed by atoms with van der Waals surface area (Å²) in [7, 11) is -6.07. The van der Waals surface area contributed by atoms with Crippen LogP contribution in [0.3, 0.4) is 0 Å². The lowest BCUT2D eigenvalue weighted by Gasteiger charge is -2.17. The molecule has 4 rings (SSSR count). The molecular formula is C26H24F5N5O6S2. The highest BCUT2D eigenvalue weighted by Crippen LogP contribution is 2.40. The van der Waals surface area contributed by atoms with Crippen molar-refractivity contribution in [1.82, 2.24) is 19.7 Å². The Labute approximate surface area is 251 Å². The van der Waals surface area contributed by atoms with Gasteiger partial charge in [-0.1, -0.05) is 18.3 Å². The van der Waals surface area contributed by atoms with Crippen LogP contribution in [0, 0.1) is 4.91 Å². The van der Waals surface area contributed by atoms with E-state index in [1.165, 1.54) is 23.8 Å². The third kappa shape index (κ3) is 8.13. The molecule has 0 saturated heterocycles. The van der Waals surface area contributed by atoms with Gasteiger partial charge in [0.1, 0.15) is 30.4 Å². The number of pyridine rings is 1. The summed E-state index contributed by atoms with van der Waals surface area (Å²) < 4.78 is 100. The highest BCUT2D eigenvalue weighted by atomic mass is 32.2. The smallest absolute Gasteiger partial charge is 0.500 e. The zero-order chi connectivity index (χ0) is 32.5. The van der Waals surface area contributed by atoms with Crippen molar-refractivity contribution in [2.75, 3.05) is 26.2 Å². The molecule has 4 heterocycles. The minimum atomic E-state index is -6.07. The van der Waals surface area contributed by atoms with Crippen LogP contribution in [0.25, 0.3) is 27.6 Å². The van der Waals surface area contributed by atoms with Gasteiger partial charge in [0.05, 0.1) is 24.5 Å². The number of carbonyl (C=O) groups is 1. The van der Waals surface area contributed by atoms with E-state index in [0.29, 0.717) is 37.9 Å². The van der Waals surface area contributed by atoms with Gasteiger partial charge in [-0.3, -0.25) is 9.48 Å². The first kappa shape index (κ1) is 34.0. The maximum Gasteiger partial charge on any atom is 0.534 e.